The van der Waals surface area contributed by atoms with Gasteiger partial charge in [-0.05, 0) is 18.7 Å². The highest BCUT2D eigenvalue weighted by atomic mass is 19.1. The van der Waals surface area contributed by atoms with Crippen molar-refractivity contribution in [3.63, 3.8) is 0 Å². The average molecular weight is 291 g/mol. The molecule has 110 valence electrons. The largest absolute Gasteiger partial charge is 0.428 e. The average Bonchev–Trinajstić information content (AvgIpc) is 2.48. The van der Waals surface area contributed by atoms with Gasteiger partial charge in [0.1, 0.15) is 0 Å². The number of aromatic nitrogens is 1. The molecule has 6 nitrogen and oxygen atoms in total. The van der Waals surface area contributed by atoms with Crippen LogP contribution in [0.15, 0.2) is 36.5 Å². The summed E-state index contributed by atoms with van der Waals surface area (Å²) in [5.74, 6) is -1.09. The monoisotopic (exact) mass is 291 g/mol. The molecule has 0 spiro atoms. The Morgan fingerprint density at radius 1 is 1.38 bits per heavy atom. The number of ether oxygens (including phenoxy) is 1. The normalized spacial score (nSPS) is 10.4. The Balaban J connectivity index is 2.37. The zero-order valence-corrected chi connectivity index (χ0v) is 11.4. The molecule has 0 fully saturated rings. The summed E-state index contributed by atoms with van der Waals surface area (Å²) in [6.45, 7) is 3.16. The Morgan fingerprint density at radius 2 is 2.19 bits per heavy atom. The first-order valence-corrected chi connectivity index (χ1v) is 6.38. The van der Waals surface area contributed by atoms with E-state index < -0.39 is 22.2 Å². The second-order valence-corrected chi connectivity index (χ2v) is 4.20. The predicted molar refractivity (Wildman–Crippen MR) is 74.7 cm³/mol. The lowest BCUT2D eigenvalue weighted by Crippen LogP contribution is -2.13. The first-order chi connectivity index (χ1) is 10.1. The second kappa shape index (κ2) is 6.76. The summed E-state index contributed by atoms with van der Waals surface area (Å²) in [7, 11) is 0. The molecular weight excluding hydrogens is 277 g/mol. The number of hydrogen-bond donors (Lipinski definition) is 1. The maximum Gasteiger partial charge on any atom is 0.314 e. The van der Waals surface area contributed by atoms with E-state index in [2.05, 4.69) is 10.3 Å². The molecule has 7 heteroatoms. The van der Waals surface area contributed by atoms with E-state index in [-0.39, 0.29) is 5.88 Å². The molecule has 1 aromatic carbocycles. The number of nitrogens with zero attached hydrogens (tertiary/aromatic N) is 2. The minimum Gasteiger partial charge on any atom is -0.428 e. The minimum absolute atomic E-state index is 0.145. The van der Waals surface area contributed by atoms with Gasteiger partial charge in [-0.2, -0.15) is 0 Å². The fourth-order valence-electron chi connectivity index (χ4n) is 1.75. The van der Waals surface area contributed by atoms with Crippen molar-refractivity contribution >= 4 is 5.69 Å². The van der Waals surface area contributed by atoms with Crippen LogP contribution in [0.5, 0.6) is 11.6 Å². The molecule has 0 atom stereocenters. The van der Waals surface area contributed by atoms with Crippen LogP contribution in [-0.4, -0.2) is 16.5 Å². The Hall–Kier alpha value is -2.54. The predicted octanol–water partition coefficient (Wildman–Crippen LogP) is 3.03. The number of nitro groups is 1. The summed E-state index contributed by atoms with van der Waals surface area (Å²) in [5.41, 5.74) is 0.256. The second-order valence-electron chi connectivity index (χ2n) is 4.20. The molecule has 2 aromatic rings. The molecule has 0 saturated carbocycles. The van der Waals surface area contributed by atoms with Gasteiger partial charge < -0.3 is 10.1 Å². The SMILES string of the molecule is CCNCc1cccnc1Oc1c(F)cccc1[N+](=O)[O-]. The van der Waals surface area contributed by atoms with E-state index in [0.717, 1.165) is 12.6 Å². The smallest absolute Gasteiger partial charge is 0.314 e. The fraction of sp³-hybridized carbons (Fsp3) is 0.214. The first kappa shape index (κ1) is 14.9. The maximum absolute atomic E-state index is 13.8. The van der Waals surface area contributed by atoms with Crippen molar-refractivity contribution in [3.05, 3.63) is 58.0 Å². The van der Waals surface area contributed by atoms with Crippen LogP contribution < -0.4 is 10.1 Å². The van der Waals surface area contributed by atoms with Crippen LogP contribution >= 0.6 is 0 Å². The lowest BCUT2D eigenvalue weighted by molar-refractivity contribution is -0.385. The Labute approximate surface area is 120 Å². The number of rotatable bonds is 6. The van der Waals surface area contributed by atoms with Gasteiger partial charge in [-0.15, -0.1) is 0 Å². The van der Waals surface area contributed by atoms with Crippen molar-refractivity contribution < 1.29 is 14.1 Å². The molecule has 0 unspecified atom stereocenters. The van der Waals surface area contributed by atoms with Crippen LogP contribution in [0.4, 0.5) is 10.1 Å². The summed E-state index contributed by atoms with van der Waals surface area (Å²) >= 11 is 0. The third-order valence-corrected chi connectivity index (χ3v) is 2.76. The van der Waals surface area contributed by atoms with Gasteiger partial charge in [0, 0.05) is 24.4 Å². The van der Waals surface area contributed by atoms with Gasteiger partial charge in [0.15, 0.2) is 5.82 Å². The number of benzene rings is 1. The van der Waals surface area contributed by atoms with Crippen molar-refractivity contribution in [2.24, 2.45) is 0 Å². The third-order valence-electron chi connectivity index (χ3n) is 2.76. The maximum atomic E-state index is 13.8. The van der Waals surface area contributed by atoms with E-state index in [1.165, 1.54) is 18.3 Å². The highest BCUT2D eigenvalue weighted by Crippen LogP contribution is 2.34. The Bertz CT molecular complexity index is 649. The van der Waals surface area contributed by atoms with E-state index >= 15 is 0 Å². The zero-order valence-electron chi connectivity index (χ0n) is 11.4. The van der Waals surface area contributed by atoms with Crippen LogP contribution in [0.3, 0.4) is 0 Å². The molecule has 0 saturated heterocycles. The molecule has 1 aromatic heterocycles. The summed E-state index contributed by atoms with van der Waals surface area (Å²) in [6, 6.07) is 7.03. The van der Waals surface area contributed by atoms with E-state index in [1.54, 1.807) is 12.1 Å². The summed E-state index contributed by atoms with van der Waals surface area (Å²) < 4.78 is 19.2. The van der Waals surface area contributed by atoms with Gasteiger partial charge in [-0.3, -0.25) is 10.1 Å². The molecule has 0 radical (unpaired) electrons. The first-order valence-electron chi connectivity index (χ1n) is 6.38. The molecule has 0 amide bonds. The topological polar surface area (TPSA) is 77.3 Å². The quantitative estimate of drug-likeness (QED) is 0.654. The third kappa shape index (κ3) is 3.51. The van der Waals surface area contributed by atoms with Gasteiger partial charge >= 0.3 is 5.69 Å². The van der Waals surface area contributed by atoms with Crippen molar-refractivity contribution in [2.75, 3.05) is 6.54 Å². The van der Waals surface area contributed by atoms with E-state index in [9.17, 15) is 14.5 Å². The minimum atomic E-state index is -0.802. The fourth-order valence-corrected chi connectivity index (χ4v) is 1.75. The van der Waals surface area contributed by atoms with Crippen LogP contribution in [0, 0.1) is 15.9 Å². The van der Waals surface area contributed by atoms with Crippen molar-refractivity contribution in [2.45, 2.75) is 13.5 Å². The van der Waals surface area contributed by atoms with Crippen LogP contribution in [0.2, 0.25) is 0 Å². The summed E-state index contributed by atoms with van der Waals surface area (Å²) in [5, 5.41) is 14.0. The number of nitro benzene ring substituents is 1. The molecule has 2 rings (SSSR count). The van der Waals surface area contributed by atoms with Gasteiger partial charge in [-0.1, -0.05) is 19.1 Å². The van der Waals surface area contributed by atoms with Gasteiger partial charge in [-0.25, -0.2) is 9.37 Å². The zero-order chi connectivity index (χ0) is 15.2. The van der Waals surface area contributed by atoms with Crippen molar-refractivity contribution in [3.8, 4) is 11.6 Å². The van der Waals surface area contributed by atoms with E-state index in [4.69, 9.17) is 4.74 Å². The number of hydrogen-bond acceptors (Lipinski definition) is 5. The van der Waals surface area contributed by atoms with Crippen molar-refractivity contribution in [1.82, 2.24) is 10.3 Å². The standard InChI is InChI=1S/C14H14FN3O3/c1-2-16-9-10-5-4-8-17-14(10)21-13-11(15)6-3-7-12(13)18(19)20/h3-8,16H,2,9H2,1H3. The molecule has 0 bridgehead atoms. The Kier molecular flexibility index (Phi) is 4.78. The van der Waals surface area contributed by atoms with E-state index in [0.29, 0.717) is 12.1 Å². The highest BCUT2D eigenvalue weighted by Gasteiger charge is 2.21. The molecule has 1 heterocycles. The number of pyridine rings is 1. The lowest BCUT2D eigenvalue weighted by atomic mass is 10.2. The van der Waals surface area contributed by atoms with Gasteiger partial charge in [0.05, 0.1) is 4.92 Å². The number of halogens is 1. The van der Waals surface area contributed by atoms with E-state index in [1.807, 2.05) is 6.92 Å². The highest BCUT2D eigenvalue weighted by molar-refractivity contribution is 5.49. The van der Waals surface area contributed by atoms with Crippen molar-refractivity contribution in [1.29, 1.82) is 0 Å². The molecule has 0 aliphatic rings. The van der Waals surface area contributed by atoms with Gasteiger partial charge in [0.25, 0.3) is 0 Å². The van der Waals surface area contributed by atoms with Crippen LogP contribution in [0.1, 0.15) is 12.5 Å². The summed E-state index contributed by atoms with van der Waals surface area (Å²) in [6.07, 6.45) is 1.48. The van der Waals surface area contributed by atoms with Crippen LogP contribution in [-0.2, 0) is 6.54 Å². The molecule has 1 N–H and O–H groups in total. The number of para-hydroxylation sites is 1. The van der Waals surface area contributed by atoms with Crippen LogP contribution in [0.25, 0.3) is 0 Å². The number of nitrogens with one attached hydrogen (secondary N) is 1. The lowest BCUT2D eigenvalue weighted by Gasteiger charge is -2.10. The molecule has 21 heavy (non-hydrogen) atoms. The Morgan fingerprint density at radius 3 is 2.90 bits per heavy atom. The summed E-state index contributed by atoms with van der Waals surface area (Å²) in [4.78, 5) is 14.3. The van der Waals surface area contributed by atoms with Gasteiger partial charge in [0.2, 0.25) is 11.6 Å². The molecular formula is C14H14FN3O3. The molecule has 0 aliphatic heterocycles. The molecule has 0 aliphatic carbocycles.